The first kappa shape index (κ1) is 13.2. The van der Waals surface area contributed by atoms with E-state index in [1.165, 1.54) is 29.2 Å². The number of nitrogens with zero attached hydrogens (tertiary/aromatic N) is 2. The van der Waals surface area contributed by atoms with Crippen molar-refractivity contribution in [2.75, 3.05) is 11.5 Å². The van der Waals surface area contributed by atoms with E-state index in [9.17, 15) is 13.9 Å². The lowest BCUT2D eigenvalue weighted by Gasteiger charge is -2.09. The van der Waals surface area contributed by atoms with Gasteiger partial charge in [-0.25, -0.2) is 8.78 Å². The molecule has 0 fully saturated rings. The van der Waals surface area contributed by atoms with E-state index in [-0.39, 0.29) is 5.75 Å². The maximum Gasteiger partial charge on any atom is 0.203 e. The fourth-order valence-electron chi connectivity index (χ4n) is 1.24. The Hall–Kier alpha value is -1.25. The van der Waals surface area contributed by atoms with Crippen LogP contribution in [0.1, 0.15) is 11.7 Å². The molecule has 2 rings (SSSR count). The standard InChI is InChI=1S/C10H9F2N3OS2/c11-6-2-1-5(3-7(6)12)8(16)4-17-10-15-14-9(13)18-10/h1-3,8,16H,4H2,(H2,13,14). The van der Waals surface area contributed by atoms with E-state index >= 15 is 0 Å². The topological polar surface area (TPSA) is 72.0 Å². The maximum absolute atomic E-state index is 13.0. The lowest BCUT2D eigenvalue weighted by atomic mass is 10.1. The molecule has 3 N–H and O–H groups in total. The highest BCUT2D eigenvalue weighted by Crippen LogP contribution is 2.28. The van der Waals surface area contributed by atoms with E-state index in [2.05, 4.69) is 10.2 Å². The smallest absolute Gasteiger partial charge is 0.203 e. The van der Waals surface area contributed by atoms with Crippen LogP contribution in [0.15, 0.2) is 22.5 Å². The van der Waals surface area contributed by atoms with Crippen LogP contribution >= 0.6 is 23.1 Å². The molecule has 1 atom stereocenters. The summed E-state index contributed by atoms with van der Waals surface area (Å²) in [6.45, 7) is 0. The molecule has 4 nitrogen and oxygen atoms in total. The average molecular weight is 289 g/mol. The zero-order valence-corrected chi connectivity index (χ0v) is 10.6. The molecule has 0 radical (unpaired) electrons. The normalized spacial score (nSPS) is 12.6. The summed E-state index contributed by atoms with van der Waals surface area (Å²) in [5.74, 6) is -1.65. The summed E-state index contributed by atoms with van der Waals surface area (Å²) in [6, 6.07) is 3.31. The number of thioether (sulfide) groups is 1. The second-order valence-electron chi connectivity index (χ2n) is 3.41. The number of hydrogen-bond donors (Lipinski definition) is 2. The van der Waals surface area contributed by atoms with Gasteiger partial charge in [-0.2, -0.15) is 0 Å². The molecule has 0 saturated carbocycles. The minimum atomic E-state index is -0.975. The van der Waals surface area contributed by atoms with E-state index in [4.69, 9.17) is 5.73 Å². The molecule has 0 bridgehead atoms. The highest BCUT2D eigenvalue weighted by atomic mass is 32.2. The molecule has 1 aromatic heterocycles. The summed E-state index contributed by atoms with van der Waals surface area (Å²) in [5.41, 5.74) is 5.73. The Bertz CT molecular complexity index is 550. The Morgan fingerprint density at radius 1 is 1.33 bits per heavy atom. The summed E-state index contributed by atoms with van der Waals surface area (Å²) < 4.78 is 26.3. The van der Waals surface area contributed by atoms with Crippen LogP contribution in [0.2, 0.25) is 0 Å². The van der Waals surface area contributed by atoms with Crippen molar-refractivity contribution in [3.05, 3.63) is 35.4 Å². The van der Waals surface area contributed by atoms with Gasteiger partial charge in [-0.1, -0.05) is 29.2 Å². The molecule has 0 spiro atoms. The lowest BCUT2D eigenvalue weighted by molar-refractivity contribution is 0.203. The van der Waals surface area contributed by atoms with Gasteiger partial charge in [0.1, 0.15) is 0 Å². The Labute approximate surface area is 110 Å². The first-order chi connectivity index (χ1) is 8.56. The molecule has 0 amide bonds. The summed E-state index contributed by atoms with van der Waals surface area (Å²) in [5, 5.41) is 17.6. The largest absolute Gasteiger partial charge is 0.388 e. The van der Waals surface area contributed by atoms with Gasteiger partial charge in [0.15, 0.2) is 16.0 Å². The average Bonchev–Trinajstić information content (AvgIpc) is 2.75. The third kappa shape index (κ3) is 3.15. The number of benzene rings is 1. The fraction of sp³-hybridized carbons (Fsp3) is 0.200. The number of aliphatic hydroxyl groups is 1. The van der Waals surface area contributed by atoms with Crippen molar-refractivity contribution in [2.24, 2.45) is 0 Å². The summed E-state index contributed by atoms with van der Waals surface area (Å²) in [4.78, 5) is 0. The van der Waals surface area contributed by atoms with Crippen molar-refractivity contribution in [2.45, 2.75) is 10.4 Å². The third-order valence-electron chi connectivity index (χ3n) is 2.12. The molecule has 1 heterocycles. The van der Waals surface area contributed by atoms with Crippen molar-refractivity contribution in [3.63, 3.8) is 0 Å². The Balaban J connectivity index is 1.99. The predicted octanol–water partition coefficient (Wildman–Crippen LogP) is 2.22. The van der Waals surface area contributed by atoms with Crippen molar-refractivity contribution >= 4 is 28.2 Å². The van der Waals surface area contributed by atoms with E-state index in [1.54, 1.807) is 0 Å². The van der Waals surface area contributed by atoms with Crippen LogP contribution in [0.4, 0.5) is 13.9 Å². The Kier molecular flexibility index (Phi) is 4.10. The number of hydrogen-bond acceptors (Lipinski definition) is 6. The van der Waals surface area contributed by atoms with Gasteiger partial charge in [-0.15, -0.1) is 10.2 Å². The molecule has 0 aliphatic rings. The quantitative estimate of drug-likeness (QED) is 0.844. The van der Waals surface area contributed by atoms with E-state index in [0.717, 1.165) is 12.1 Å². The number of aromatic nitrogens is 2. The molecule has 0 aliphatic heterocycles. The minimum Gasteiger partial charge on any atom is -0.388 e. The van der Waals surface area contributed by atoms with Gasteiger partial charge in [0.05, 0.1) is 6.10 Å². The molecule has 0 saturated heterocycles. The van der Waals surface area contributed by atoms with Gasteiger partial charge >= 0.3 is 0 Å². The molecule has 1 unspecified atom stereocenters. The molecule has 0 aliphatic carbocycles. The lowest BCUT2D eigenvalue weighted by Crippen LogP contribution is -2.01. The SMILES string of the molecule is Nc1nnc(SCC(O)c2ccc(F)c(F)c2)s1. The highest BCUT2D eigenvalue weighted by molar-refractivity contribution is 8.01. The van der Waals surface area contributed by atoms with Crippen LogP contribution in [0.25, 0.3) is 0 Å². The fourth-order valence-corrected chi connectivity index (χ4v) is 2.87. The number of halogens is 2. The highest BCUT2D eigenvalue weighted by Gasteiger charge is 2.12. The first-order valence-electron chi connectivity index (χ1n) is 4.91. The molecular formula is C10H9F2N3OS2. The van der Waals surface area contributed by atoms with Gasteiger partial charge in [0, 0.05) is 5.75 Å². The van der Waals surface area contributed by atoms with Crippen molar-refractivity contribution in [3.8, 4) is 0 Å². The number of rotatable bonds is 4. The van der Waals surface area contributed by atoms with Crippen LogP contribution in [0.3, 0.4) is 0 Å². The van der Waals surface area contributed by atoms with Crippen molar-refractivity contribution in [1.82, 2.24) is 10.2 Å². The Morgan fingerprint density at radius 2 is 2.11 bits per heavy atom. The number of anilines is 1. The second-order valence-corrected chi connectivity index (χ2v) is 5.68. The molecule has 2 aromatic rings. The van der Waals surface area contributed by atoms with Crippen LogP contribution < -0.4 is 5.73 Å². The summed E-state index contributed by atoms with van der Waals surface area (Å²) in [6.07, 6.45) is -0.907. The molecule has 18 heavy (non-hydrogen) atoms. The van der Waals surface area contributed by atoms with Crippen LogP contribution in [-0.4, -0.2) is 21.1 Å². The van der Waals surface area contributed by atoms with Crippen LogP contribution in [0.5, 0.6) is 0 Å². The third-order valence-corrected chi connectivity index (χ3v) is 4.08. The zero-order valence-electron chi connectivity index (χ0n) is 9.01. The number of nitrogens with two attached hydrogens (primary N) is 1. The zero-order chi connectivity index (χ0) is 13.1. The number of nitrogen functional groups attached to an aromatic ring is 1. The first-order valence-corrected chi connectivity index (χ1v) is 6.71. The summed E-state index contributed by atoms with van der Waals surface area (Å²) >= 11 is 2.46. The van der Waals surface area contributed by atoms with E-state index in [0.29, 0.717) is 15.0 Å². The predicted molar refractivity (Wildman–Crippen MR) is 66.4 cm³/mol. The number of aliphatic hydroxyl groups excluding tert-OH is 1. The monoisotopic (exact) mass is 289 g/mol. The molecular weight excluding hydrogens is 280 g/mol. The van der Waals surface area contributed by atoms with E-state index in [1.807, 2.05) is 0 Å². The molecule has 1 aromatic carbocycles. The van der Waals surface area contributed by atoms with Crippen LogP contribution in [0, 0.1) is 11.6 Å². The molecule has 96 valence electrons. The van der Waals surface area contributed by atoms with E-state index < -0.39 is 17.7 Å². The maximum atomic E-state index is 13.0. The van der Waals surface area contributed by atoms with Gasteiger partial charge in [0.25, 0.3) is 0 Å². The van der Waals surface area contributed by atoms with Crippen molar-refractivity contribution < 1.29 is 13.9 Å². The van der Waals surface area contributed by atoms with Crippen molar-refractivity contribution in [1.29, 1.82) is 0 Å². The summed E-state index contributed by atoms with van der Waals surface area (Å²) in [7, 11) is 0. The van der Waals surface area contributed by atoms with Gasteiger partial charge in [-0.3, -0.25) is 0 Å². The van der Waals surface area contributed by atoms with Gasteiger partial charge < -0.3 is 10.8 Å². The Morgan fingerprint density at radius 3 is 2.72 bits per heavy atom. The minimum absolute atomic E-state index is 0.264. The van der Waals surface area contributed by atoms with Crippen LogP contribution in [-0.2, 0) is 0 Å². The second kappa shape index (κ2) is 5.59. The van der Waals surface area contributed by atoms with Gasteiger partial charge in [-0.05, 0) is 17.7 Å². The molecule has 8 heteroatoms. The van der Waals surface area contributed by atoms with Gasteiger partial charge in [0.2, 0.25) is 5.13 Å².